The van der Waals surface area contributed by atoms with Gasteiger partial charge in [0.25, 0.3) is 0 Å². The Morgan fingerprint density at radius 2 is 1.88 bits per heavy atom. The van der Waals surface area contributed by atoms with Gasteiger partial charge in [0.2, 0.25) is 5.95 Å². The Kier molecular flexibility index (Phi) is 3.35. The van der Waals surface area contributed by atoms with E-state index < -0.39 is 0 Å². The molecular weight excluding hydrogens is 214 g/mol. The fourth-order valence-corrected chi connectivity index (χ4v) is 1.63. The van der Waals surface area contributed by atoms with Crippen LogP contribution in [0, 0.1) is 0 Å². The number of hydrogen-bond donors (Lipinski definition) is 2. The molecule has 0 aliphatic heterocycles. The second-order valence-corrected chi connectivity index (χ2v) is 3.81. The fraction of sp³-hybridized carbons (Fsp3) is 0.231. The first kappa shape index (κ1) is 11.5. The standard InChI is InChI=1S/C13H15N3O/c1-2-11-7-12(16-13(14)15-11)10-5-3-9(8-17)4-6-10/h3-7,17H,2,8H2,1H3,(H2,14,15,16). The minimum absolute atomic E-state index is 0.0480. The Balaban J connectivity index is 2.41. The van der Waals surface area contributed by atoms with Crippen LogP contribution in [0.2, 0.25) is 0 Å². The first-order valence-electron chi connectivity index (χ1n) is 5.56. The summed E-state index contributed by atoms with van der Waals surface area (Å²) in [5.74, 6) is 0.297. The number of nitrogens with zero attached hydrogens (tertiary/aromatic N) is 2. The number of aromatic nitrogens is 2. The van der Waals surface area contributed by atoms with Crippen molar-refractivity contribution in [2.24, 2.45) is 0 Å². The Morgan fingerprint density at radius 1 is 1.18 bits per heavy atom. The quantitative estimate of drug-likeness (QED) is 0.841. The van der Waals surface area contributed by atoms with Crippen molar-refractivity contribution in [3.05, 3.63) is 41.6 Å². The molecule has 0 atom stereocenters. The van der Waals surface area contributed by atoms with E-state index in [-0.39, 0.29) is 6.61 Å². The van der Waals surface area contributed by atoms with Gasteiger partial charge in [-0.1, -0.05) is 31.2 Å². The molecule has 0 aliphatic carbocycles. The van der Waals surface area contributed by atoms with Crippen LogP contribution in [0.25, 0.3) is 11.3 Å². The first-order valence-corrected chi connectivity index (χ1v) is 5.56. The summed E-state index contributed by atoms with van der Waals surface area (Å²) >= 11 is 0. The van der Waals surface area contributed by atoms with Gasteiger partial charge in [-0.15, -0.1) is 0 Å². The summed E-state index contributed by atoms with van der Waals surface area (Å²) in [6.07, 6.45) is 0.828. The molecule has 0 radical (unpaired) electrons. The molecule has 4 heteroatoms. The summed E-state index contributed by atoms with van der Waals surface area (Å²) < 4.78 is 0. The summed E-state index contributed by atoms with van der Waals surface area (Å²) in [6.45, 7) is 2.08. The van der Waals surface area contributed by atoms with Gasteiger partial charge in [0.05, 0.1) is 12.3 Å². The molecule has 0 saturated heterocycles. The SMILES string of the molecule is CCc1cc(-c2ccc(CO)cc2)nc(N)n1. The van der Waals surface area contributed by atoms with E-state index in [1.54, 1.807) is 0 Å². The van der Waals surface area contributed by atoms with Gasteiger partial charge in [-0.3, -0.25) is 0 Å². The highest BCUT2D eigenvalue weighted by Crippen LogP contribution is 2.19. The lowest BCUT2D eigenvalue weighted by atomic mass is 10.1. The van der Waals surface area contributed by atoms with E-state index in [1.807, 2.05) is 37.3 Å². The smallest absolute Gasteiger partial charge is 0.220 e. The number of aliphatic hydroxyl groups is 1. The molecule has 4 nitrogen and oxygen atoms in total. The molecule has 1 aromatic heterocycles. The number of hydrogen-bond acceptors (Lipinski definition) is 4. The van der Waals surface area contributed by atoms with Crippen LogP contribution in [0.1, 0.15) is 18.2 Å². The normalized spacial score (nSPS) is 10.5. The Hall–Kier alpha value is -1.94. The third-order valence-electron chi connectivity index (χ3n) is 2.59. The van der Waals surface area contributed by atoms with Crippen molar-refractivity contribution in [2.75, 3.05) is 5.73 Å². The maximum absolute atomic E-state index is 8.98. The summed E-state index contributed by atoms with van der Waals surface area (Å²) in [5, 5.41) is 8.98. The summed E-state index contributed by atoms with van der Waals surface area (Å²) in [7, 11) is 0. The molecule has 0 saturated carbocycles. The molecule has 3 N–H and O–H groups in total. The Morgan fingerprint density at radius 3 is 2.47 bits per heavy atom. The molecule has 0 bridgehead atoms. The highest BCUT2D eigenvalue weighted by Gasteiger charge is 2.03. The third-order valence-corrected chi connectivity index (χ3v) is 2.59. The van der Waals surface area contributed by atoms with Crippen molar-refractivity contribution in [2.45, 2.75) is 20.0 Å². The largest absolute Gasteiger partial charge is 0.392 e. The molecule has 88 valence electrons. The predicted molar refractivity (Wildman–Crippen MR) is 67.2 cm³/mol. The van der Waals surface area contributed by atoms with E-state index in [0.717, 1.165) is 28.9 Å². The van der Waals surface area contributed by atoms with Crippen molar-refractivity contribution in [3.63, 3.8) is 0 Å². The second-order valence-electron chi connectivity index (χ2n) is 3.81. The van der Waals surface area contributed by atoms with Gasteiger partial charge in [0.1, 0.15) is 0 Å². The fourth-order valence-electron chi connectivity index (χ4n) is 1.63. The van der Waals surface area contributed by atoms with Crippen LogP contribution in [0.3, 0.4) is 0 Å². The van der Waals surface area contributed by atoms with E-state index in [1.165, 1.54) is 0 Å². The highest BCUT2D eigenvalue weighted by atomic mass is 16.3. The number of anilines is 1. The van der Waals surface area contributed by atoms with Gasteiger partial charge >= 0.3 is 0 Å². The number of aryl methyl sites for hydroxylation is 1. The molecule has 1 aromatic carbocycles. The third kappa shape index (κ3) is 2.60. The maximum Gasteiger partial charge on any atom is 0.220 e. The Labute approximate surface area is 100 Å². The zero-order valence-electron chi connectivity index (χ0n) is 9.72. The van der Waals surface area contributed by atoms with Crippen molar-refractivity contribution >= 4 is 5.95 Å². The highest BCUT2D eigenvalue weighted by molar-refractivity contribution is 5.60. The van der Waals surface area contributed by atoms with E-state index in [0.29, 0.717) is 5.95 Å². The number of nitrogen functional groups attached to an aromatic ring is 1. The van der Waals surface area contributed by atoms with Gasteiger partial charge in [-0.05, 0) is 18.1 Å². The average molecular weight is 229 g/mol. The van der Waals surface area contributed by atoms with Crippen LogP contribution >= 0.6 is 0 Å². The second kappa shape index (κ2) is 4.93. The minimum Gasteiger partial charge on any atom is -0.392 e. The molecule has 2 aromatic rings. The number of rotatable bonds is 3. The van der Waals surface area contributed by atoms with Gasteiger partial charge in [0, 0.05) is 11.3 Å². The lowest BCUT2D eigenvalue weighted by molar-refractivity contribution is 0.282. The summed E-state index contributed by atoms with van der Waals surface area (Å²) in [4.78, 5) is 8.35. The van der Waals surface area contributed by atoms with E-state index in [9.17, 15) is 0 Å². The van der Waals surface area contributed by atoms with E-state index >= 15 is 0 Å². The van der Waals surface area contributed by atoms with Gasteiger partial charge in [-0.2, -0.15) is 0 Å². The number of aliphatic hydroxyl groups excluding tert-OH is 1. The van der Waals surface area contributed by atoms with Gasteiger partial charge < -0.3 is 10.8 Å². The lowest BCUT2D eigenvalue weighted by Crippen LogP contribution is -2.00. The summed E-state index contributed by atoms with van der Waals surface area (Å²) in [5.41, 5.74) is 9.27. The first-order chi connectivity index (χ1) is 8.22. The van der Waals surface area contributed by atoms with Crippen molar-refractivity contribution in [3.8, 4) is 11.3 Å². The monoisotopic (exact) mass is 229 g/mol. The molecular formula is C13H15N3O. The van der Waals surface area contributed by atoms with Crippen molar-refractivity contribution in [1.29, 1.82) is 0 Å². The predicted octanol–water partition coefficient (Wildman–Crippen LogP) is 1.78. The number of nitrogens with two attached hydrogens (primary N) is 1. The van der Waals surface area contributed by atoms with Crippen LogP contribution in [0.15, 0.2) is 30.3 Å². The van der Waals surface area contributed by atoms with E-state index in [4.69, 9.17) is 10.8 Å². The maximum atomic E-state index is 8.98. The van der Waals surface area contributed by atoms with E-state index in [2.05, 4.69) is 9.97 Å². The van der Waals surface area contributed by atoms with Crippen LogP contribution in [0.5, 0.6) is 0 Å². The topological polar surface area (TPSA) is 72.0 Å². The zero-order valence-corrected chi connectivity index (χ0v) is 9.72. The molecule has 0 amide bonds. The molecule has 17 heavy (non-hydrogen) atoms. The molecule has 0 fully saturated rings. The van der Waals surface area contributed by atoms with Gasteiger partial charge in [-0.25, -0.2) is 9.97 Å². The average Bonchev–Trinajstić information content (AvgIpc) is 2.38. The van der Waals surface area contributed by atoms with Crippen molar-refractivity contribution in [1.82, 2.24) is 9.97 Å². The Bertz CT molecular complexity index is 509. The van der Waals surface area contributed by atoms with Crippen LogP contribution in [0.4, 0.5) is 5.95 Å². The molecule has 2 rings (SSSR count). The van der Waals surface area contributed by atoms with Crippen LogP contribution < -0.4 is 5.73 Å². The van der Waals surface area contributed by atoms with Crippen LogP contribution in [-0.2, 0) is 13.0 Å². The zero-order chi connectivity index (χ0) is 12.3. The van der Waals surface area contributed by atoms with Crippen molar-refractivity contribution < 1.29 is 5.11 Å². The minimum atomic E-state index is 0.0480. The molecule has 1 heterocycles. The van der Waals surface area contributed by atoms with Gasteiger partial charge in [0.15, 0.2) is 0 Å². The lowest BCUT2D eigenvalue weighted by Gasteiger charge is -2.05. The van der Waals surface area contributed by atoms with Crippen LogP contribution in [-0.4, -0.2) is 15.1 Å². The summed E-state index contributed by atoms with van der Waals surface area (Å²) in [6, 6.07) is 9.53. The molecule has 0 aliphatic rings. The molecule has 0 spiro atoms. The molecule has 0 unspecified atom stereocenters. The number of benzene rings is 1.